The predicted molar refractivity (Wildman–Crippen MR) is 63.4 cm³/mol. The van der Waals surface area contributed by atoms with Crippen molar-refractivity contribution in [2.75, 3.05) is 14.2 Å². The Morgan fingerprint density at radius 3 is 2.56 bits per heavy atom. The van der Waals surface area contributed by atoms with E-state index in [9.17, 15) is 14.0 Å². The highest BCUT2D eigenvalue weighted by Gasteiger charge is 2.11. The van der Waals surface area contributed by atoms with Crippen molar-refractivity contribution in [3.8, 4) is 0 Å². The molecule has 1 aromatic rings. The fourth-order valence-electron chi connectivity index (χ4n) is 1.29. The van der Waals surface area contributed by atoms with Crippen LogP contribution in [-0.2, 0) is 14.3 Å². The largest absolute Gasteiger partial charge is 0.469 e. The SMILES string of the molecule is COC(=O)CC=Cc1ccc(C(=O)OC)c(F)c1. The van der Waals surface area contributed by atoms with Gasteiger partial charge in [0.15, 0.2) is 0 Å². The molecule has 0 saturated carbocycles. The smallest absolute Gasteiger partial charge is 0.340 e. The molecule has 1 rings (SSSR count). The molecule has 0 N–H and O–H groups in total. The maximum absolute atomic E-state index is 13.5. The summed E-state index contributed by atoms with van der Waals surface area (Å²) in [5.74, 6) is -1.77. The lowest BCUT2D eigenvalue weighted by atomic mass is 10.1. The van der Waals surface area contributed by atoms with Gasteiger partial charge in [0.1, 0.15) is 5.82 Å². The van der Waals surface area contributed by atoms with Gasteiger partial charge in [-0.2, -0.15) is 0 Å². The zero-order valence-electron chi connectivity index (χ0n) is 10.1. The van der Waals surface area contributed by atoms with E-state index in [1.54, 1.807) is 18.2 Å². The van der Waals surface area contributed by atoms with E-state index in [0.717, 1.165) is 0 Å². The molecule has 0 radical (unpaired) electrons. The summed E-state index contributed by atoms with van der Waals surface area (Å²) in [7, 11) is 2.48. The number of rotatable bonds is 4. The number of carbonyl (C=O) groups is 2. The Balaban J connectivity index is 2.78. The van der Waals surface area contributed by atoms with E-state index in [0.29, 0.717) is 5.56 Å². The first-order valence-corrected chi connectivity index (χ1v) is 5.19. The molecule has 1 aromatic carbocycles. The molecule has 0 saturated heterocycles. The Labute approximate surface area is 104 Å². The Morgan fingerprint density at radius 1 is 1.28 bits per heavy atom. The first-order valence-electron chi connectivity index (χ1n) is 5.19. The second-order valence-corrected chi connectivity index (χ2v) is 3.41. The van der Waals surface area contributed by atoms with E-state index in [-0.39, 0.29) is 18.0 Å². The summed E-state index contributed by atoms with van der Waals surface area (Å²) in [6.07, 6.45) is 3.23. The monoisotopic (exact) mass is 252 g/mol. The minimum atomic E-state index is -0.724. The molecule has 0 aliphatic rings. The first-order chi connectivity index (χ1) is 8.58. The molecule has 96 valence electrons. The van der Waals surface area contributed by atoms with Gasteiger partial charge in [-0.1, -0.05) is 18.2 Å². The van der Waals surface area contributed by atoms with Crippen molar-refractivity contribution >= 4 is 18.0 Å². The molecule has 4 nitrogen and oxygen atoms in total. The summed E-state index contributed by atoms with van der Waals surface area (Å²) in [4.78, 5) is 22.0. The van der Waals surface area contributed by atoms with Gasteiger partial charge in [-0.25, -0.2) is 9.18 Å². The van der Waals surface area contributed by atoms with Crippen LogP contribution in [0, 0.1) is 5.82 Å². The Morgan fingerprint density at radius 2 is 2.00 bits per heavy atom. The quantitative estimate of drug-likeness (QED) is 0.771. The lowest BCUT2D eigenvalue weighted by Gasteiger charge is -2.01. The highest BCUT2D eigenvalue weighted by molar-refractivity contribution is 5.89. The van der Waals surface area contributed by atoms with E-state index >= 15 is 0 Å². The van der Waals surface area contributed by atoms with Gasteiger partial charge in [-0.05, 0) is 17.7 Å². The standard InChI is InChI=1S/C13H13FO4/c1-17-12(15)5-3-4-9-6-7-10(11(14)8-9)13(16)18-2/h3-4,6-8H,5H2,1-2H3. The van der Waals surface area contributed by atoms with Crippen molar-refractivity contribution in [3.63, 3.8) is 0 Å². The summed E-state index contributed by atoms with van der Waals surface area (Å²) in [5.41, 5.74) is 0.423. The molecule has 0 heterocycles. The van der Waals surface area contributed by atoms with Gasteiger partial charge in [-0.3, -0.25) is 4.79 Å². The van der Waals surface area contributed by atoms with Crippen LogP contribution < -0.4 is 0 Å². The normalized spacial score (nSPS) is 10.4. The Hall–Kier alpha value is -2.17. The second kappa shape index (κ2) is 6.54. The van der Waals surface area contributed by atoms with E-state index < -0.39 is 11.8 Å². The molecule has 0 aliphatic carbocycles. The number of carbonyl (C=O) groups excluding carboxylic acids is 2. The summed E-state index contributed by atoms with van der Waals surface area (Å²) in [6.45, 7) is 0. The van der Waals surface area contributed by atoms with Gasteiger partial charge in [0.25, 0.3) is 0 Å². The van der Waals surface area contributed by atoms with Crippen molar-refractivity contribution in [1.29, 1.82) is 0 Å². The molecular formula is C13H13FO4. The van der Waals surface area contributed by atoms with Crippen molar-refractivity contribution in [1.82, 2.24) is 0 Å². The van der Waals surface area contributed by atoms with Crippen molar-refractivity contribution in [2.24, 2.45) is 0 Å². The average molecular weight is 252 g/mol. The highest BCUT2D eigenvalue weighted by Crippen LogP contribution is 2.13. The average Bonchev–Trinajstić information content (AvgIpc) is 2.37. The number of hydrogen-bond donors (Lipinski definition) is 0. The maximum Gasteiger partial charge on any atom is 0.340 e. The second-order valence-electron chi connectivity index (χ2n) is 3.41. The van der Waals surface area contributed by atoms with E-state index in [1.807, 2.05) is 0 Å². The maximum atomic E-state index is 13.5. The molecule has 0 amide bonds. The minimum Gasteiger partial charge on any atom is -0.469 e. The molecule has 0 aliphatic heterocycles. The number of ether oxygens (including phenoxy) is 2. The fraction of sp³-hybridized carbons (Fsp3) is 0.231. The molecule has 5 heteroatoms. The van der Waals surface area contributed by atoms with Gasteiger partial charge >= 0.3 is 11.9 Å². The van der Waals surface area contributed by atoms with Crippen LogP contribution in [0.5, 0.6) is 0 Å². The van der Waals surface area contributed by atoms with Crippen LogP contribution in [0.2, 0.25) is 0 Å². The number of benzene rings is 1. The van der Waals surface area contributed by atoms with Crippen LogP contribution in [0.4, 0.5) is 4.39 Å². The zero-order chi connectivity index (χ0) is 13.5. The molecular weight excluding hydrogens is 239 g/mol. The van der Waals surface area contributed by atoms with Crippen LogP contribution in [0.3, 0.4) is 0 Å². The number of halogens is 1. The number of methoxy groups -OCH3 is 2. The lowest BCUT2D eigenvalue weighted by molar-refractivity contribution is -0.139. The first kappa shape index (κ1) is 13.9. The molecule has 0 atom stereocenters. The molecule has 0 spiro atoms. The molecule has 0 aromatic heterocycles. The van der Waals surface area contributed by atoms with Gasteiger partial charge in [0, 0.05) is 0 Å². The van der Waals surface area contributed by atoms with Gasteiger partial charge < -0.3 is 9.47 Å². The third kappa shape index (κ3) is 3.69. The van der Waals surface area contributed by atoms with Crippen LogP contribution in [-0.4, -0.2) is 26.2 Å². The van der Waals surface area contributed by atoms with Crippen molar-refractivity contribution < 1.29 is 23.5 Å². The van der Waals surface area contributed by atoms with E-state index in [2.05, 4.69) is 9.47 Å². The third-order valence-corrected chi connectivity index (χ3v) is 2.22. The van der Waals surface area contributed by atoms with Crippen molar-refractivity contribution in [2.45, 2.75) is 6.42 Å². The van der Waals surface area contributed by atoms with Crippen LogP contribution in [0.15, 0.2) is 24.3 Å². The topological polar surface area (TPSA) is 52.6 Å². The van der Waals surface area contributed by atoms with E-state index in [1.165, 1.54) is 26.4 Å². The van der Waals surface area contributed by atoms with Crippen LogP contribution in [0.25, 0.3) is 6.08 Å². The van der Waals surface area contributed by atoms with Gasteiger partial charge in [-0.15, -0.1) is 0 Å². The third-order valence-electron chi connectivity index (χ3n) is 2.22. The predicted octanol–water partition coefficient (Wildman–Crippen LogP) is 2.19. The Kier molecular flexibility index (Phi) is 5.05. The summed E-state index contributed by atoms with van der Waals surface area (Å²) >= 11 is 0. The lowest BCUT2D eigenvalue weighted by Crippen LogP contribution is -2.04. The van der Waals surface area contributed by atoms with Gasteiger partial charge in [0.05, 0.1) is 26.2 Å². The summed E-state index contributed by atoms with van der Waals surface area (Å²) in [6, 6.07) is 4.09. The zero-order valence-corrected chi connectivity index (χ0v) is 10.1. The Bertz CT molecular complexity index is 480. The molecule has 0 fully saturated rings. The molecule has 18 heavy (non-hydrogen) atoms. The number of esters is 2. The van der Waals surface area contributed by atoms with E-state index in [4.69, 9.17) is 0 Å². The summed E-state index contributed by atoms with van der Waals surface area (Å²) < 4.78 is 22.4. The van der Waals surface area contributed by atoms with Gasteiger partial charge in [0.2, 0.25) is 0 Å². The molecule has 0 unspecified atom stereocenters. The fourth-order valence-corrected chi connectivity index (χ4v) is 1.29. The highest BCUT2D eigenvalue weighted by atomic mass is 19.1. The molecule has 0 bridgehead atoms. The van der Waals surface area contributed by atoms with Crippen molar-refractivity contribution in [3.05, 3.63) is 41.2 Å². The van der Waals surface area contributed by atoms with Crippen LogP contribution in [0.1, 0.15) is 22.3 Å². The number of hydrogen-bond acceptors (Lipinski definition) is 4. The summed E-state index contributed by atoms with van der Waals surface area (Å²) in [5, 5.41) is 0. The minimum absolute atomic E-state index is 0.108. The van der Waals surface area contributed by atoms with Crippen LogP contribution >= 0.6 is 0 Å².